The molecule has 0 atom stereocenters. The monoisotopic (exact) mass is 379 g/mol. The quantitative estimate of drug-likeness (QED) is 0.368. The van der Waals surface area contributed by atoms with Crippen molar-refractivity contribution < 1.29 is 9.59 Å². The van der Waals surface area contributed by atoms with Crippen LogP contribution < -0.4 is 0 Å². The van der Waals surface area contributed by atoms with Crippen molar-refractivity contribution in [3.05, 3.63) is 120 Å². The first-order chi connectivity index (χ1) is 14.3. The van der Waals surface area contributed by atoms with Gasteiger partial charge in [0.05, 0.1) is 18.0 Å². The fourth-order valence-electron chi connectivity index (χ4n) is 3.10. The summed E-state index contributed by atoms with van der Waals surface area (Å²) in [5.41, 5.74) is 2.03. The van der Waals surface area contributed by atoms with Gasteiger partial charge < -0.3 is 0 Å². The molecule has 5 heteroatoms. The van der Waals surface area contributed by atoms with E-state index in [9.17, 15) is 9.59 Å². The van der Waals surface area contributed by atoms with Crippen LogP contribution in [0.25, 0.3) is 11.3 Å². The van der Waals surface area contributed by atoms with Crippen LogP contribution in [0, 0.1) is 0 Å². The SMILES string of the molecule is O=C(C(=C(C(=O)c1ccccc1)n1ccnn1)c1ccccc1)c1ccccc1. The number of Topliss-reactive ketones (excluding diaryl/α,β-unsaturated/α-hetero) is 2. The lowest BCUT2D eigenvalue weighted by Gasteiger charge is -2.14. The summed E-state index contributed by atoms with van der Waals surface area (Å²) in [5, 5.41) is 7.86. The van der Waals surface area contributed by atoms with Gasteiger partial charge in [0.25, 0.3) is 0 Å². The molecule has 1 aromatic heterocycles. The van der Waals surface area contributed by atoms with Crippen LogP contribution in [0.1, 0.15) is 26.3 Å². The van der Waals surface area contributed by atoms with Gasteiger partial charge >= 0.3 is 0 Å². The molecule has 0 bridgehead atoms. The van der Waals surface area contributed by atoms with Gasteiger partial charge in [-0.05, 0) is 5.56 Å². The molecule has 0 saturated heterocycles. The molecule has 0 unspecified atom stereocenters. The van der Waals surface area contributed by atoms with Crippen molar-refractivity contribution in [2.75, 3.05) is 0 Å². The first kappa shape index (κ1) is 18.3. The van der Waals surface area contributed by atoms with Crippen LogP contribution in [0.2, 0.25) is 0 Å². The van der Waals surface area contributed by atoms with Crippen LogP contribution in [0.5, 0.6) is 0 Å². The number of carbonyl (C=O) groups excluding carboxylic acids is 2. The van der Waals surface area contributed by atoms with Gasteiger partial charge in [0.2, 0.25) is 5.78 Å². The third-order valence-electron chi connectivity index (χ3n) is 4.46. The molecule has 3 aromatic carbocycles. The molecule has 0 aliphatic carbocycles. The number of aromatic nitrogens is 3. The van der Waals surface area contributed by atoms with Crippen LogP contribution in [0.3, 0.4) is 0 Å². The number of carbonyl (C=O) groups is 2. The highest BCUT2D eigenvalue weighted by Crippen LogP contribution is 2.28. The third kappa shape index (κ3) is 3.80. The molecular formula is C24H17N3O2. The highest BCUT2D eigenvalue weighted by molar-refractivity contribution is 6.43. The van der Waals surface area contributed by atoms with Crippen molar-refractivity contribution in [3.8, 4) is 0 Å². The van der Waals surface area contributed by atoms with Crippen molar-refractivity contribution in [2.24, 2.45) is 0 Å². The molecule has 0 saturated carbocycles. The molecule has 5 nitrogen and oxygen atoms in total. The molecule has 4 rings (SSSR count). The van der Waals surface area contributed by atoms with Crippen molar-refractivity contribution in [1.82, 2.24) is 15.0 Å². The fourth-order valence-corrected chi connectivity index (χ4v) is 3.10. The summed E-state index contributed by atoms with van der Waals surface area (Å²) < 4.78 is 1.36. The molecule has 0 radical (unpaired) electrons. The van der Waals surface area contributed by atoms with Gasteiger partial charge in [0, 0.05) is 11.1 Å². The van der Waals surface area contributed by atoms with Crippen molar-refractivity contribution in [1.29, 1.82) is 0 Å². The predicted octanol–water partition coefficient (Wildman–Crippen LogP) is 4.41. The zero-order chi connectivity index (χ0) is 20.1. The number of rotatable bonds is 6. The van der Waals surface area contributed by atoms with E-state index >= 15 is 0 Å². The smallest absolute Gasteiger partial charge is 0.212 e. The van der Waals surface area contributed by atoms with Crippen molar-refractivity contribution in [3.63, 3.8) is 0 Å². The maximum absolute atomic E-state index is 13.5. The maximum atomic E-state index is 13.5. The molecule has 140 valence electrons. The second-order valence-electron chi connectivity index (χ2n) is 6.33. The lowest BCUT2D eigenvalue weighted by molar-refractivity contribution is 0.103. The summed E-state index contributed by atoms with van der Waals surface area (Å²) in [6, 6.07) is 26.9. The second-order valence-corrected chi connectivity index (χ2v) is 6.33. The number of allylic oxidation sites excluding steroid dienone is 2. The van der Waals surface area contributed by atoms with Crippen molar-refractivity contribution in [2.45, 2.75) is 0 Å². The average Bonchev–Trinajstić information content (AvgIpc) is 3.33. The summed E-state index contributed by atoms with van der Waals surface area (Å²) in [7, 11) is 0. The second kappa shape index (κ2) is 8.27. The topological polar surface area (TPSA) is 64.8 Å². The van der Waals surface area contributed by atoms with Gasteiger partial charge in [-0.25, -0.2) is 4.68 Å². The molecule has 29 heavy (non-hydrogen) atoms. The summed E-state index contributed by atoms with van der Waals surface area (Å²) in [6.07, 6.45) is 3.05. The van der Waals surface area contributed by atoms with Gasteiger partial charge in [0.1, 0.15) is 5.70 Å². The standard InChI is InChI=1S/C24H17N3O2/c28-23(19-12-6-2-7-13-19)21(18-10-4-1-5-11-18)22(27-17-16-25-26-27)24(29)20-14-8-3-9-15-20/h1-17H. The molecule has 4 aromatic rings. The molecule has 0 N–H and O–H groups in total. The summed E-state index contributed by atoms with van der Waals surface area (Å²) >= 11 is 0. The normalized spacial score (nSPS) is 11.6. The molecule has 0 amide bonds. The van der Waals surface area contributed by atoms with Gasteiger partial charge in [-0.1, -0.05) is 96.2 Å². The largest absolute Gasteiger partial charge is 0.289 e. The average molecular weight is 379 g/mol. The van der Waals surface area contributed by atoms with Gasteiger partial charge in [0.15, 0.2) is 5.78 Å². The van der Waals surface area contributed by atoms with Crippen LogP contribution in [0.15, 0.2) is 103 Å². The highest BCUT2D eigenvalue weighted by Gasteiger charge is 2.26. The number of benzene rings is 3. The molecule has 1 heterocycles. The molecule has 0 aliphatic rings. The fraction of sp³-hybridized carbons (Fsp3) is 0. The zero-order valence-electron chi connectivity index (χ0n) is 15.5. The minimum Gasteiger partial charge on any atom is -0.289 e. The Hall–Kier alpha value is -4.12. The number of hydrogen-bond acceptors (Lipinski definition) is 4. The van der Waals surface area contributed by atoms with E-state index in [0.717, 1.165) is 0 Å². The Morgan fingerprint density at radius 3 is 1.59 bits per heavy atom. The number of ketones is 2. The first-order valence-electron chi connectivity index (χ1n) is 9.11. The van der Waals surface area contributed by atoms with Crippen LogP contribution in [-0.2, 0) is 0 Å². The maximum Gasteiger partial charge on any atom is 0.212 e. The minimum absolute atomic E-state index is 0.161. The number of nitrogens with zero attached hydrogens (tertiary/aromatic N) is 3. The van der Waals surface area contributed by atoms with Crippen molar-refractivity contribution >= 4 is 22.8 Å². The van der Waals surface area contributed by atoms with E-state index in [4.69, 9.17) is 0 Å². The summed E-state index contributed by atoms with van der Waals surface area (Å²) in [4.78, 5) is 27.0. The predicted molar refractivity (Wildman–Crippen MR) is 111 cm³/mol. The van der Waals surface area contributed by atoms with Crippen LogP contribution in [0.4, 0.5) is 0 Å². The zero-order valence-corrected chi connectivity index (χ0v) is 15.5. The third-order valence-corrected chi connectivity index (χ3v) is 4.46. The van der Waals surface area contributed by atoms with Gasteiger partial charge in [-0.3, -0.25) is 9.59 Å². The lowest BCUT2D eigenvalue weighted by Crippen LogP contribution is -2.17. The van der Waals surface area contributed by atoms with Gasteiger partial charge in [-0.15, -0.1) is 5.10 Å². The van der Waals surface area contributed by atoms with E-state index in [-0.39, 0.29) is 22.8 Å². The molecular weight excluding hydrogens is 362 g/mol. The van der Waals surface area contributed by atoms with E-state index in [1.165, 1.54) is 10.9 Å². The first-order valence-corrected chi connectivity index (χ1v) is 9.11. The Morgan fingerprint density at radius 1 is 0.621 bits per heavy atom. The Bertz CT molecular complexity index is 1150. The lowest BCUT2D eigenvalue weighted by atomic mass is 9.92. The van der Waals surface area contributed by atoms with E-state index in [1.807, 2.05) is 42.5 Å². The van der Waals surface area contributed by atoms with E-state index in [2.05, 4.69) is 10.3 Å². The Balaban J connectivity index is 2.01. The van der Waals surface area contributed by atoms with Gasteiger partial charge in [-0.2, -0.15) is 0 Å². The van der Waals surface area contributed by atoms with E-state index < -0.39 is 0 Å². The Kier molecular flexibility index (Phi) is 5.21. The Morgan fingerprint density at radius 2 is 1.10 bits per heavy atom. The van der Waals surface area contributed by atoms with E-state index in [1.54, 1.807) is 54.7 Å². The molecule has 0 spiro atoms. The highest BCUT2D eigenvalue weighted by atomic mass is 16.1. The summed E-state index contributed by atoms with van der Waals surface area (Å²) in [5.74, 6) is -0.564. The number of hydrogen-bond donors (Lipinski definition) is 0. The molecule has 0 aliphatic heterocycles. The van der Waals surface area contributed by atoms with Crippen LogP contribution in [-0.4, -0.2) is 26.6 Å². The van der Waals surface area contributed by atoms with Crippen LogP contribution >= 0.6 is 0 Å². The summed E-state index contributed by atoms with van der Waals surface area (Å²) in [6.45, 7) is 0. The Labute approximate surface area is 167 Å². The molecule has 0 fully saturated rings. The minimum atomic E-state index is -0.306. The van der Waals surface area contributed by atoms with E-state index in [0.29, 0.717) is 16.7 Å².